The summed E-state index contributed by atoms with van der Waals surface area (Å²) in [6.45, 7) is 7.58. The van der Waals surface area contributed by atoms with E-state index in [2.05, 4.69) is 11.4 Å². The molecular formula is C28H35N5O3. The molecule has 1 saturated heterocycles. The topological polar surface area (TPSA) is 120 Å². The average molecular weight is 490 g/mol. The predicted molar refractivity (Wildman–Crippen MR) is 140 cm³/mol. The van der Waals surface area contributed by atoms with Gasteiger partial charge < -0.3 is 16.0 Å². The smallest absolute Gasteiger partial charge is 0.319 e. The standard InChI is InChI=1S/C28H35N5O3/c1-19(2)26(34)31-13-4-14-33(28(30)36)25-17-24(8-5-20(25)3)27(35)32-15-11-23(12-16-32)22-9-6-21(18-29)7-10-22/h5-10,17,19,23H,4,11-16H2,1-3H3,(H2,30,36)(H,31,34). The first-order valence-electron chi connectivity index (χ1n) is 12.5. The number of urea groups is 1. The molecular weight excluding hydrogens is 454 g/mol. The molecule has 0 atom stereocenters. The van der Waals surface area contributed by atoms with E-state index < -0.39 is 6.03 Å². The highest BCUT2D eigenvalue weighted by molar-refractivity contribution is 5.98. The van der Waals surface area contributed by atoms with Crippen LogP contribution in [0.15, 0.2) is 42.5 Å². The van der Waals surface area contributed by atoms with Crippen LogP contribution in [0.25, 0.3) is 0 Å². The molecule has 0 spiro atoms. The molecule has 0 bridgehead atoms. The largest absolute Gasteiger partial charge is 0.356 e. The molecule has 8 heteroatoms. The van der Waals surface area contributed by atoms with Crippen molar-refractivity contribution in [1.82, 2.24) is 10.2 Å². The van der Waals surface area contributed by atoms with E-state index in [-0.39, 0.29) is 17.7 Å². The van der Waals surface area contributed by atoms with Gasteiger partial charge in [-0.2, -0.15) is 5.26 Å². The molecule has 1 aliphatic heterocycles. The second-order valence-electron chi connectivity index (χ2n) is 9.59. The molecule has 0 aliphatic carbocycles. The monoisotopic (exact) mass is 489 g/mol. The van der Waals surface area contributed by atoms with Crippen molar-refractivity contribution in [3.05, 3.63) is 64.7 Å². The average Bonchev–Trinajstić information content (AvgIpc) is 2.88. The fourth-order valence-electron chi connectivity index (χ4n) is 4.46. The quantitative estimate of drug-likeness (QED) is 0.546. The third-order valence-electron chi connectivity index (χ3n) is 6.69. The molecule has 3 N–H and O–H groups in total. The van der Waals surface area contributed by atoms with Crippen LogP contribution in [0.2, 0.25) is 0 Å². The van der Waals surface area contributed by atoms with Crippen LogP contribution >= 0.6 is 0 Å². The normalized spacial score (nSPS) is 13.8. The van der Waals surface area contributed by atoms with E-state index in [4.69, 9.17) is 11.0 Å². The van der Waals surface area contributed by atoms with Gasteiger partial charge in [-0.25, -0.2) is 4.79 Å². The maximum atomic E-state index is 13.3. The van der Waals surface area contributed by atoms with Crippen LogP contribution < -0.4 is 16.0 Å². The van der Waals surface area contributed by atoms with Gasteiger partial charge in [-0.05, 0) is 67.5 Å². The van der Waals surface area contributed by atoms with E-state index in [1.54, 1.807) is 12.1 Å². The molecule has 1 aliphatic rings. The molecule has 1 fully saturated rings. The molecule has 0 aromatic heterocycles. The summed E-state index contributed by atoms with van der Waals surface area (Å²) in [4.78, 5) is 40.6. The summed E-state index contributed by atoms with van der Waals surface area (Å²) in [6.07, 6.45) is 2.25. The van der Waals surface area contributed by atoms with Gasteiger partial charge in [0.2, 0.25) is 5.91 Å². The number of carbonyl (C=O) groups excluding carboxylic acids is 3. The van der Waals surface area contributed by atoms with E-state index in [1.165, 1.54) is 10.5 Å². The number of hydrogen-bond donors (Lipinski definition) is 2. The number of aryl methyl sites for hydroxylation is 1. The molecule has 0 radical (unpaired) electrons. The number of benzene rings is 2. The minimum Gasteiger partial charge on any atom is -0.356 e. The molecule has 190 valence electrons. The van der Waals surface area contributed by atoms with E-state index in [1.807, 2.05) is 56.0 Å². The first-order chi connectivity index (χ1) is 17.2. The first-order valence-corrected chi connectivity index (χ1v) is 12.5. The number of nitrogens with zero attached hydrogens (tertiary/aromatic N) is 3. The van der Waals surface area contributed by atoms with Crippen molar-refractivity contribution in [3.63, 3.8) is 0 Å². The second-order valence-corrected chi connectivity index (χ2v) is 9.59. The Morgan fingerprint density at radius 3 is 2.39 bits per heavy atom. The molecule has 3 rings (SSSR count). The fourth-order valence-corrected chi connectivity index (χ4v) is 4.46. The Balaban J connectivity index is 1.64. The summed E-state index contributed by atoms with van der Waals surface area (Å²) in [5.41, 5.74) is 9.48. The highest BCUT2D eigenvalue weighted by Gasteiger charge is 2.26. The molecule has 0 saturated carbocycles. The lowest BCUT2D eigenvalue weighted by molar-refractivity contribution is -0.123. The van der Waals surface area contributed by atoms with Gasteiger partial charge in [0.1, 0.15) is 0 Å². The van der Waals surface area contributed by atoms with E-state index in [0.717, 1.165) is 18.4 Å². The zero-order valence-electron chi connectivity index (χ0n) is 21.3. The van der Waals surface area contributed by atoms with Crippen molar-refractivity contribution in [2.45, 2.75) is 46.0 Å². The van der Waals surface area contributed by atoms with Crippen molar-refractivity contribution in [2.75, 3.05) is 31.1 Å². The minimum atomic E-state index is -0.596. The van der Waals surface area contributed by atoms with Gasteiger partial charge in [-0.1, -0.05) is 32.0 Å². The van der Waals surface area contributed by atoms with Crippen LogP contribution in [0.4, 0.5) is 10.5 Å². The van der Waals surface area contributed by atoms with Gasteiger partial charge >= 0.3 is 6.03 Å². The van der Waals surface area contributed by atoms with Crippen molar-refractivity contribution in [1.29, 1.82) is 5.26 Å². The van der Waals surface area contributed by atoms with Crippen LogP contribution in [0, 0.1) is 24.2 Å². The predicted octanol–water partition coefficient (Wildman–Crippen LogP) is 3.93. The highest BCUT2D eigenvalue weighted by atomic mass is 16.2. The summed E-state index contributed by atoms with van der Waals surface area (Å²) < 4.78 is 0. The Morgan fingerprint density at radius 2 is 1.81 bits per heavy atom. The van der Waals surface area contributed by atoms with Crippen molar-refractivity contribution < 1.29 is 14.4 Å². The molecule has 4 amide bonds. The lowest BCUT2D eigenvalue weighted by Gasteiger charge is -2.32. The molecule has 2 aromatic rings. The number of amides is 4. The number of likely N-dealkylation sites (tertiary alicyclic amines) is 1. The number of primary amides is 1. The highest BCUT2D eigenvalue weighted by Crippen LogP contribution is 2.30. The van der Waals surface area contributed by atoms with Crippen LogP contribution in [0.1, 0.15) is 66.1 Å². The van der Waals surface area contributed by atoms with Gasteiger partial charge in [0.15, 0.2) is 0 Å². The number of hydrogen-bond acceptors (Lipinski definition) is 4. The van der Waals surface area contributed by atoms with Gasteiger partial charge in [0.25, 0.3) is 5.91 Å². The molecule has 2 aromatic carbocycles. The molecule has 1 heterocycles. The second kappa shape index (κ2) is 12.2. The lowest BCUT2D eigenvalue weighted by atomic mass is 9.89. The molecule has 36 heavy (non-hydrogen) atoms. The number of nitrogens with two attached hydrogens (primary N) is 1. The summed E-state index contributed by atoms with van der Waals surface area (Å²) in [5.74, 6) is 0.156. The number of nitrogens with one attached hydrogen (secondary N) is 1. The number of anilines is 1. The number of rotatable bonds is 8. The zero-order valence-corrected chi connectivity index (χ0v) is 21.3. The lowest BCUT2D eigenvalue weighted by Crippen LogP contribution is -2.40. The van der Waals surface area contributed by atoms with E-state index in [9.17, 15) is 14.4 Å². The maximum absolute atomic E-state index is 13.3. The summed E-state index contributed by atoms with van der Waals surface area (Å²) in [6, 6.07) is 14.6. The van der Waals surface area contributed by atoms with Gasteiger partial charge in [-0.15, -0.1) is 0 Å². The van der Waals surface area contributed by atoms with Crippen molar-refractivity contribution >= 4 is 23.5 Å². The van der Waals surface area contributed by atoms with E-state index in [0.29, 0.717) is 55.3 Å². The Morgan fingerprint density at radius 1 is 1.14 bits per heavy atom. The summed E-state index contributed by atoms with van der Waals surface area (Å²) in [7, 11) is 0. The van der Waals surface area contributed by atoms with E-state index >= 15 is 0 Å². The third kappa shape index (κ3) is 6.63. The Hall–Kier alpha value is -3.86. The van der Waals surface area contributed by atoms with Crippen molar-refractivity contribution in [2.24, 2.45) is 11.7 Å². The number of carbonyl (C=O) groups is 3. The maximum Gasteiger partial charge on any atom is 0.319 e. The SMILES string of the molecule is Cc1ccc(C(=O)N2CCC(c3ccc(C#N)cc3)CC2)cc1N(CCCNC(=O)C(C)C)C(N)=O. The van der Waals surface area contributed by atoms with Gasteiger partial charge in [0.05, 0.1) is 11.6 Å². The Labute approximate surface area is 213 Å². The fraction of sp³-hybridized carbons (Fsp3) is 0.429. The zero-order chi connectivity index (χ0) is 26.2. The molecule has 8 nitrogen and oxygen atoms in total. The first kappa shape index (κ1) is 26.7. The minimum absolute atomic E-state index is 0.0349. The van der Waals surface area contributed by atoms with Crippen LogP contribution in [0.5, 0.6) is 0 Å². The summed E-state index contributed by atoms with van der Waals surface area (Å²) in [5, 5.41) is 11.8. The van der Waals surface area contributed by atoms with Gasteiger partial charge in [-0.3, -0.25) is 14.5 Å². The number of nitriles is 1. The third-order valence-corrected chi connectivity index (χ3v) is 6.69. The Bertz CT molecular complexity index is 1130. The van der Waals surface area contributed by atoms with Crippen molar-refractivity contribution in [3.8, 4) is 6.07 Å². The Kier molecular flexibility index (Phi) is 9.07. The van der Waals surface area contributed by atoms with Crippen LogP contribution in [-0.2, 0) is 4.79 Å². The number of piperidine rings is 1. The van der Waals surface area contributed by atoms with Crippen LogP contribution in [0.3, 0.4) is 0 Å². The van der Waals surface area contributed by atoms with Crippen LogP contribution in [-0.4, -0.2) is 48.9 Å². The molecule has 0 unspecified atom stereocenters. The van der Waals surface area contributed by atoms with Gasteiger partial charge in [0, 0.05) is 43.3 Å². The summed E-state index contributed by atoms with van der Waals surface area (Å²) >= 11 is 0.